The van der Waals surface area contributed by atoms with Gasteiger partial charge >= 0.3 is 0 Å². The number of nitrogens with zero attached hydrogens (tertiary/aromatic N) is 1. The van der Waals surface area contributed by atoms with Crippen LogP contribution < -0.4 is 10.6 Å². The van der Waals surface area contributed by atoms with E-state index in [1.54, 1.807) is 0 Å². The van der Waals surface area contributed by atoms with E-state index >= 15 is 0 Å². The largest absolute Gasteiger partial charge is 0.376 e. The third-order valence-electron chi connectivity index (χ3n) is 3.19. The highest BCUT2D eigenvalue weighted by Crippen LogP contribution is 2.17. The molecule has 0 aliphatic heterocycles. The molecule has 22 heavy (non-hydrogen) atoms. The Hall–Kier alpha value is -2.89. The van der Waals surface area contributed by atoms with Crippen LogP contribution in [0.5, 0.6) is 0 Å². The van der Waals surface area contributed by atoms with Gasteiger partial charge in [-0.3, -0.25) is 14.9 Å². The molecule has 0 heterocycles. The van der Waals surface area contributed by atoms with Gasteiger partial charge in [0.15, 0.2) is 0 Å². The van der Waals surface area contributed by atoms with Crippen molar-refractivity contribution in [3.05, 3.63) is 63.7 Å². The fourth-order valence-electron chi connectivity index (χ4n) is 1.97. The summed E-state index contributed by atoms with van der Waals surface area (Å²) >= 11 is 0. The van der Waals surface area contributed by atoms with E-state index < -0.39 is 4.92 Å². The molecule has 0 atom stereocenters. The number of benzene rings is 2. The van der Waals surface area contributed by atoms with Crippen molar-refractivity contribution in [2.75, 3.05) is 17.2 Å². The maximum Gasteiger partial charge on any atom is 0.269 e. The molecule has 1 amide bonds. The van der Waals surface area contributed by atoms with E-state index in [4.69, 9.17) is 0 Å². The van der Waals surface area contributed by atoms with Gasteiger partial charge in [0, 0.05) is 23.5 Å². The van der Waals surface area contributed by atoms with E-state index in [0.29, 0.717) is 5.69 Å². The summed E-state index contributed by atoms with van der Waals surface area (Å²) in [4.78, 5) is 22.0. The maximum atomic E-state index is 11.9. The molecule has 2 aromatic carbocycles. The molecule has 0 fully saturated rings. The maximum absolute atomic E-state index is 11.9. The van der Waals surface area contributed by atoms with Gasteiger partial charge in [-0.05, 0) is 43.2 Å². The number of rotatable bonds is 5. The van der Waals surface area contributed by atoms with Crippen LogP contribution in [0.25, 0.3) is 0 Å². The first-order valence-corrected chi connectivity index (χ1v) is 6.81. The minimum absolute atomic E-state index is 0.00786. The molecule has 0 unspecified atom stereocenters. The first-order chi connectivity index (χ1) is 10.5. The Labute approximate surface area is 128 Å². The van der Waals surface area contributed by atoms with Gasteiger partial charge in [-0.15, -0.1) is 0 Å². The minimum Gasteiger partial charge on any atom is -0.376 e. The zero-order chi connectivity index (χ0) is 16.1. The molecular weight excluding hydrogens is 282 g/mol. The van der Waals surface area contributed by atoms with Gasteiger partial charge in [0.05, 0.1) is 11.5 Å². The standard InChI is InChI=1S/C16H17N3O3/c1-11-3-4-12(2)15(9-11)17-10-16(20)18-13-5-7-14(8-6-13)19(21)22/h3-9,17H,10H2,1-2H3,(H,18,20). The third-order valence-corrected chi connectivity index (χ3v) is 3.19. The van der Waals surface area contributed by atoms with Gasteiger partial charge in [0.25, 0.3) is 5.69 Å². The molecule has 6 heteroatoms. The molecule has 2 aromatic rings. The number of amides is 1. The number of aryl methyl sites for hydroxylation is 2. The van der Waals surface area contributed by atoms with E-state index in [1.165, 1.54) is 24.3 Å². The van der Waals surface area contributed by atoms with Gasteiger partial charge in [-0.25, -0.2) is 0 Å². The van der Waals surface area contributed by atoms with Crippen molar-refractivity contribution in [3.63, 3.8) is 0 Å². The number of non-ortho nitro benzene ring substituents is 1. The van der Waals surface area contributed by atoms with E-state index in [0.717, 1.165) is 16.8 Å². The fourth-order valence-corrected chi connectivity index (χ4v) is 1.97. The van der Waals surface area contributed by atoms with Crippen molar-refractivity contribution in [2.45, 2.75) is 13.8 Å². The van der Waals surface area contributed by atoms with Gasteiger partial charge in [0.2, 0.25) is 5.91 Å². The number of hydrogen-bond acceptors (Lipinski definition) is 4. The van der Waals surface area contributed by atoms with Crippen molar-refractivity contribution in [1.29, 1.82) is 0 Å². The second-order valence-corrected chi connectivity index (χ2v) is 5.02. The minimum atomic E-state index is -0.479. The predicted octanol–water partition coefficient (Wildman–Crippen LogP) is 3.26. The van der Waals surface area contributed by atoms with Gasteiger partial charge < -0.3 is 10.6 Å². The van der Waals surface area contributed by atoms with Crippen LogP contribution in [0.3, 0.4) is 0 Å². The Bertz CT molecular complexity index is 696. The third kappa shape index (κ3) is 4.05. The zero-order valence-corrected chi connectivity index (χ0v) is 12.4. The Kier molecular flexibility index (Phi) is 4.73. The second-order valence-electron chi connectivity index (χ2n) is 5.02. The Morgan fingerprint density at radius 3 is 2.45 bits per heavy atom. The van der Waals surface area contributed by atoms with Crippen LogP contribution >= 0.6 is 0 Å². The molecule has 0 bridgehead atoms. The van der Waals surface area contributed by atoms with Crippen LogP contribution in [-0.4, -0.2) is 17.4 Å². The summed E-state index contributed by atoms with van der Waals surface area (Å²) in [6.07, 6.45) is 0. The lowest BCUT2D eigenvalue weighted by Gasteiger charge is -2.10. The van der Waals surface area contributed by atoms with Crippen LogP contribution in [0.4, 0.5) is 17.1 Å². The lowest BCUT2D eigenvalue weighted by atomic mass is 10.1. The summed E-state index contributed by atoms with van der Waals surface area (Å²) in [7, 11) is 0. The molecule has 6 nitrogen and oxygen atoms in total. The SMILES string of the molecule is Cc1ccc(C)c(NCC(=O)Nc2ccc([N+](=O)[O-])cc2)c1. The summed E-state index contributed by atoms with van der Waals surface area (Å²) in [5.74, 6) is -0.213. The Morgan fingerprint density at radius 1 is 1.14 bits per heavy atom. The first kappa shape index (κ1) is 15.5. The fraction of sp³-hybridized carbons (Fsp3) is 0.188. The predicted molar refractivity (Wildman–Crippen MR) is 86.1 cm³/mol. The van der Waals surface area contributed by atoms with Crippen molar-refractivity contribution in [1.82, 2.24) is 0 Å². The number of carbonyl (C=O) groups excluding carboxylic acids is 1. The monoisotopic (exact) mass is 299 g/mol. The van der Waals surface area contributed by atoms with E-state index in [2.05, 4.69) is 10.6 Å². The smallest absolute Gasteiger partial charge is 0.269 e. The molecular formula is C16H17N3O3. The molecule has 0 aliphatic rings. The van der Waals surface area contributed by atoms with Crippen molar-refractivity contribution in [2.24, 2.45) is 0 Å². The summed E-state index contributed by atoms with van der Waals surface area (Å²) in [6.45, 7) is 4.08. The summed E-state index contributed by atoms with van der Waals surface area (Å²) in [5.41, 5.74) is 3.61. The molecule has 0 aromatic heterocycles. The molecule has 0 radical (unpaired) electrons. The molecule has 2 rings (SSSR count). The average Bonchev–Trinajstić information content (AvgIpc) is 2.49. The number of hydrogen-bond donors (Lipinski definition) is 2. The number of nitrogens with one attached hydrogen (secondary N) is 2. The Morgan fingerprint density at radius 2 is 1.82 bits per heavy atom. The molecule has 0 aliphatic carbocycles. The van der Waals surface area contributed by atoms with Crippen molar-refractivity contribution < 1.29 is 9.72 Å². The molecule has 2 N–H and O–H groups in total. The van der Waals surface area contributed by atoms with Crippen LogP contribution in [0.1, 0.15) is 11.1 Å². The normalized spacial score (nSPS) is 10.1. The lowest BCUT2D eigenvalue weighted by Crippen LogP contribution is -2.22. The number of carbonyl (C=O) groups is 1. The Balaban J connectivity index is 1.92. The quantitative estimate of drug-likeness (QED) is 0.655. The molecule has 0 saturated carbocycles. The second kappa shape index (κ2) is 6.71. The summed E-state index contributed by atoms with van der Waals surface area (Å²) in [6, 6.07) is 11.7. The first-order valence-electron chi connectivity index (χ1n) is 6.81. The summed E-state index contributed by atoms with van der Waals surface area (Å²) in [5, 5.41) is 16.3. The van der Waals surface area contributed by atoms with E-state index in [9.17, 15) is 14.9 Å². The number of nitro benzene ring substituents is 1. The molecule has 0 saturated heterocycles. The highest BCUT2D eigenvalue weighted by Gasteiger charge is 2.07. The average molecular weight is 299 g/mol. The van der Waals surface area contributed by atoms with E-state index in [-0.39, 0.29) is 18.1 Å². The molecule has 0 spiro atoms. The van der Waals surface area contributed by atoms with Crippen LogP contribution in [-0.2, 0) is 4.79 Å². The van der Waals surface area contributed by atoms with Crippen molar-refractivity contribution >= 4 is 23.0 Å². The van der Waals surface area contributed by atoms with Crippen LogP contribution in [0.2, 0.25) is 0 Å². The van der Waals surface area contributed by atoms with Gasteiger partial charge in [-0.1, -0.05) is 12.1 Å². The zero-order valence-electron chi connectivity index (χ0n) is 12.4. The van der Waals surface area contributed by atoms with Gasteiger partial charge in [0.1, 0.15) is 0 Å². The van der Waals surface area contributed by atoms with Crippen LogP contribution in [0, 0.1) is 24.0 Å². The van der Waals surface area contributed by atoms with Crippen LogP contribution in [0.15, 0.2) is 42.5 Å². The van der Waals surface area contributed by atoms with Crippen molar-refractivity contribution in [3.8, 4) is 0 Å². The lowest BCUT2D eigenvalue weighted by molar-refractivity contribution is -0.384. The highest BCUT2D eigenvalue weighted by molar-refractivity contribution is 5.93. The number of nitro groups is 1. The highest BCUT2D eigenvalue weighted by atomic mass is 16.6. The molecule has 114 valence electrons. The topological polar surface area (TPSA) is 84.3 Å². The van der Waals surface area contributed by atoms with Gasteiger partial charge in [-0.2, -0.15) is 0 Å². The number of anilines is 2. The van der Waals surface area contributed by atoms with E-state index in [1.807, 2.05) is 32.0 Å². The summed E-state index contributed by atoms with van der Waals surface area (Å²) < 4.78 is 0.